The summed E-state index contributed by atoms with van der Waals surface area (Å²) in [5, 5.41) is 3.58. The van der Waals surface area contributed by atoms with E-state index in [1.165, 1.54) is 22.3 Å². The molecule has 0 aliphatic rings. The zero-order chi connectivity index (χ0) is 23.7. The Morgan fingerprint density at radius 3 is 2.33 bits per heavy atom. The molecule has 8 heteroatoms. The highest BCUT2D eigenvalue weighted by molar-refractivity contribution is 7.99. The Labute approximate surface area is 205 Å². The van der Waals surface area contributed by atoms with Gasteiger partial charge in [-0.2, -0.15) is 0 Å². The third kappa shape index (κ3) is 8.11. The fourth-order valence-electron chi connectivity index (χ4n) is 3.30. The predicted molar refractivity (Wildman–Crippen MR) is 137 cm³/mol. The maximum Gasteiger partial charge on any atom is 0.232 e. The second-order valence-corrected chi connectivity index (χ2v) is 11.0. The van der Waals surface area contributed by atoms with Gasteiger partial charge in [0, 0.05) is 34.3 Å². The van der Waals surface area contributed by atoms with Crippen LogP contribution in [0.5, 0.6) is 0 Å². The zero-order valence-electron chi connectivity index (χ0n) is 18.4. The van der Waals surface area contributed by atoms with E-state index in [-0.39, 0.29) is 18.9 Å². The summed E-state index contributed by atoms with van der Waals surface area (Å²) >= 11 is 7.40. The highest BCUT2D eigenvalue weighted by Crippen LogP contribution is 2.36. The van der Waals surface area contributed by atoms with Crippen molar-refractivity contribution in [1.29, 1.82) is 0 Å². The Morgan fingerprint density at radius 1 is 0.970 bits per heavy atom. The second-order valence-electron chi connectivity index (χ2n) is 7.55. The summed E-state index contributed by atoms with van der Waals surface area (Å²) in [5.41, 5.74) is 1.72. The number of carbonyl (C=O) groups excluding carboxylic acids is 1. The lowest BCUT2D eigenvalue weighted by Gasteiger charge is -2.24. The van der Waals surface area contributed by atoms with Gasteiger partial charge in [0.05, 0.1) is 11.9 Å². The van der Waals surface area contributed by atoms with Crippen LogP contribution in [0.1, 0.15) is 18.4 Å². The first-order valence-corrected chi connectivity index (χ1v) is 13.7. The topological polar surface area (TPSA) is 66.5 Å². The van der Waals surface area contributed by atoms with Crippen molar-refractivity contribution in [3.8, 4) is 0 Å². The van der Waals surface area contributed by atoms with Gasteiger partial charge in [-0.25, -0.2) is 8.42 Å². The van der Waals surface area contributed by atoms with E-state index < -0.39 is 10.0 Å². The van der Waals surface area contributed by atoms with E-state index in [1.54, 1.807) is 6.07 Å². The Balaban J connectivity index is 1.57. The number of hydrogen-bond acceptors (Lipinski definition) is 4. The summed E-state index contributed by atoms with van der Waals surface area (Å²) in [6, 6.07) is 24.8. The first-order valence-electron chi connectivity index (χ1n) is 10.6. The number of anilines is 1. The molecule has 0 aliphatic carbocycles. The third-order valence-electron chi connectivity index (χ3n) is 4.92. The van der Waals surface area contributed by atoms with E-state index in [0.717, 1.165) is 15.4 Å². The molecule has 0 aliphatic heterocycles. The van der Waals surface area contributed by atoms with Gasteiger partial charge in [0.15, 0.2) is 0 Å². The number of benzene rings is 3. The van der Waals surface area contributed by atoms with E-state index in [2.05, 4.69) is 5.32 Å². The molecule has 33 heavy (non-hydrogen) atoms. The Kier molecular flexibility index (Phi) is 9.23. The fraction of sp³-hybridized carbons (Fsp3) is 0.240. The summed E-state index contributed by atoms with van der Waals surface area (Å²) in [5.74, 6) is -0.0932. The standard InChI is InChI=1S/C25H27ClN2O3S2/c1-33(30,31)28(23-10-5-6-11-24(23)32-22-8-3-2-4-9-22)19-7-12-25(29)27-18-17-20-13-15-21(26)16-14-20/h2-6,8-11,13-16H,7,12,17-19H2,1H3,(H,27,29). The molecule has 1 amide bonds. The van der Waals surface area contributed by atoms with Crippen molar-refractivity contribution in [2.75, 3.05) is 23.7 Å². The molecule has 1 N–H and O–H groups in total. The molecule has 0 fully saturated rings. The van der Waals surface area contributed by atoms with Crippen LogP contribution in [0.4, 0.5) is 5.69 Å². The number of hydrogen-bond donors (Lipinski definition) is 1. The third-order valence-corrected chi connectivity index (χ3v) is 7.42. The van der Waals surface area contributed by atoms with E-state index in [0.29, 0.717) is 30.1 Å². The van der Waals surface area contributed by atoms with Gasteiger partial charge in [0.1, 0.15) is 0 Å². The number of sulfonamides is 1. The number of rotatable bonds is 11. The van der Waals surface area contributed by atoms with Crippen molar-refractivity contribution >= 4 is 45.0 Å². The van der Waals surface area contributed by atoms with E-state index >= 15 is 0 Å². The molecule has 5 nitrogen and oxygen atoms in total. The molecule has 0 spiro atoms. The molecule has 0 atom stereocenters. The molecule has 0 saturated carbocycles. The predicted octanol–water partition coefficient (Wildman–Crippen LogP) is 5.40. The molecule has 3 aromatic rings. The van der Waals surface area contributed by atoms with Crippen LogP contribution in [-0.4, -0.2) is 33.7 Å². The van der Waals surface area contributed by atoms with Gasteiger partial charge >= 0.3 is 0 Å². The number of carbonyl (C=O) groups is 1. The van der Waals surface area contributed by atoms with Crippen LogP contribution in [0.15, 0.2) is 88.7 Å². The average molecular weight is 503 g/mol. The molecule has 3 rings (SSSR count). The maximum atomic E-state index is 12.6. The monoisotopic (exact) mass is 502 g/mol. The highest BCUT2D eigenvalue weighted by atomic mass is 35.5. The molecular formula is C25H27ClN2O3S2. The Morgan fingerprint density at radius 2 is 1.64 bits per heavy atom. The van der Waals surface area contributed by atoms with Crippen LogP contribution in [-0.2, 0) is 21.2 Å². The van der Waals surface area contributed by atoms with Crippen LogP contribution >= 0.6 is 23.4 Å². The van der Waals surface area contributed by atoms with Crippen molar-refractivity contribution in [2.24, 2.45) is 0 Å². The number of halogens is 1. The van der Waals surface area contributed by atoms with Gasteiger partial charge in [-0.1, -0.05) is 65.8 Å². The van der Waals surface area contributed by atoms with E-state index in [9.17, 15) is 13.2 Å². The van der Waals surface area contributed by atoms with Gasteiger partial charge in [-0.05, 0) is 54.8 Å². The van der Waals surface area contributed by atoms with Crippen LogP contribution < -0.4 is 9.62 Å². The molecule has 0 saturated heterocycles. The molecule has 3 aromatic carbocycles. The van der Waals surface area contributed by atoms with Crippen molar-refractivity contribution in [3.05, 3.63) is 89.4 Å². The summed E-state index contributed by atoms with van der Waals surface area (Å²) < 4.78 is 26.5. The molecular weight excluding hydrogens is 476 g/mol. The Bertz CT molecular complexity index is 1150. The quantitative estimate of drug-likeness (QED) is 0.381. The fourth-order valence-corrected chi connectivity index (χ4v) is 5.44. The minimum atomic E-state index is -3.51. The number of nitrogens with one attached hydrogen (secondary N) is 1. The van der Waals surface area contributed by atoms with Crippen LogP contribution in [0.25, 0.3) is 0 Å². The molecule has 0 unspecified atom stereocenters. The molecule has 0 heterocycles. The van der Waals surface area contributed by atoms with Gasteiger partial charge in [-0.3, -0.25) is 9.10 Å². The van der Waals surface area contributed by atoms with Gasteiger partial charge < -0.3 is 5.32 Å². The van der Waals surface area contributed by atoms with Crippen molar-refractivity contribution < 1.29 is 13.2 Å². The SMILES string of the molecule is CS(=O)(=O)N(CCCC(=O)NCCc1ccc(Cl)cc1)c1ccccc1Sc1ccccc1. The largest absolute Gasteiger partial charge is 0.356 e. The van der Waals surface area contributed by atoms with E-state index in [4.69, 9.17) is 11.6 Å². The lowest BCUT2D eigenvalue weighted by Crippen LogP contribution is -2.32. The normalized spacial score (nSPS) is 11.2. The van der Waals surface area contributed by atoms with Gasteiger partial charge in [-0.15, -0.1) is 0 Å². The molecule has 174 valence electrons. The van der Waals surface area contributed by atoms with Gasteiger partial charge in [0.2, 0.25) is 15.9 Å². The van der Waals surface area contributed by atoms with Crippen LogP contribution in [0, 0.1) is 0 Å². The minimum Gasteiger partial charge on any atom is -0.356 e. The summed E-state index contributed by atoms with van der Waals surface area (Å²) in [7, 11) is -3.51. The number of amides is 1. The molecule has 0 bridgehead atoms. The first kappa shape index (κ1) is 25.1. The number of nitrogens with zero attached hydrogens (tertiary/aromatic N) is 1. The lowest BCUT2D eigenvalue weighted by molar-refractivity contribution is -0.121. The van der Waals surface area contributed by atoms with Gasteiger partial charge in [0.25, 0.3) is 0 Å². The van der Waals surface area contributed by atoms with Crippen molar-refractivity contribution in [3.63, 3.8) is 0 Å². The second kappa shape index (κ2) is 12.1. The summed E-state index contributed by atoms with van der Waals surface area (Å²) in [4.78, 5) is 14.1. The maximum absolute atomic E-state index is 12.6. The molecule has 0 aromatic heterocycles. The van der Waals surface area contributed by atoms with E-state index in [1.807, 2.05) is 72.8 Å². The zero-order valence-corrected chi connectivity index (χ0v) is 20.8. The summed E-state index contributed by atoms with van der Waals surface area (Å²) in [6.45, 7) is 0.753. The Hall–Kier alpha value is -2.48. The summed E-state index contributed by atoms with van der Waals surface area (Å²) in [6.07, 6.45) is 2.58. The van der Waals surface area contributed by atoms with Crippen molar-refractivity contribution in [1.82, 2.24) is 5.32 Å². The highest BCUT2D eigenvalue weighted by Gasteiger charge is 2.20. The number of para-hydroxylation sites is 1. The minimum absolute atomic E-state index is 0.0932. The smallest absolute Gasteiger partial charge is 0.232 e. The molecule has 0 radical (unpaired) electrons. The first-order chi connectivity index (χ1) is 15.8. The van der Waals surface area contributed by atoms with Crippen molar-refractivity contribution in [2.45, 2.75) is 29.1 Å². The lowest BCUT2D eigenvalue weighted by atomic mass is 10.1. The average Bonchev–Trinajstić information content (AvgIpc) is 2.79. The van der Waals surface area contributed by atoms with Crippen LogP contribution in [0.2, 0.25) is 5.02 Å². The van der Waals surface area contributed by atoms with Crippen LogP contribution in [0.3, 0.4) is 0 Å².